The number of imide groups is 1. The highest BCUT2D eigenvalue weighted by molar-refractivity contribution is 6.01. The molecule has 1 unspecified atom stereocenters. The van der Waals surface area contributed by atoms with E-state index in [4.69, 9.17) is 4.74 Å². The number of nitrogens with zero attached hydrogens (tertiary/aromatic N) is 3. The van der Waals surface area contributed by atoms with Crippen LogP contribution in [0.15, 0.2) is 42.5 Å². The predicted octanol–water partition coefficient (Wildman–Crippen LogP) is 2.34. The van der Waals surface area contributed by atoms with E-state index in [0.29, 0.717) is 13.1 Å². The van der Waals surface area contributed by atoms with Gasteiger partial charge in [-0.15, -0.1) is 0 Å². The summed E-state index contributed by atoms with van der Waals surface area (Å²) in [5.74, 6) is -3.93. The van der Waals surface area contributed by atoms with Gasteiger partial charge in [0, 0.05) is 43.5 Å². The first-order valence-corrected chi connectivity index (χ1v) is 12.3. The SMILES string of the molecule is CN(C(=O)N1CC(OC(=O)NC2CN(c3cc(F)c(C4CCC(=O)NC4=O)c(F)c3)C2)C1)c1ccccc1. The van der Waals surface area contributed by atoms with Gasteiger partial charge >= 0.3 is 12.1 Å². The Labute approximate surface area is 217 Å². The fraction of sp³-hybridized carbons (Fsp3) is 0.385. The highest BCUT2D eigenvalue weighted by atomic mass is 19.1. The second-order valence-corrected chi connectivity index (χ2v) is 9.68. The molecule has 0 saturated carbocycles. The lowest BCUT2D eigenvalue weighted by Gasteiger charge is -2.43. The summed E-state index contributed by atoms with van der Waals surface area (Å²) >= 11 is 0. The van der Waals surface area contributed by atoms with Gasteiger partial charge in [-0.25, -0.2) is 18.4 Å². The molecule has 2 aromatic carbocycles. The minimum Gasteiger partial charge on any atom is -0.442 e. The molecule has 38 heavy (non-hydrogen) atoms. The van der Waals surface area contributed by atoms with E-state index in [0.717, 1.165) is 17.8 Å². The molecule has 0 radical (unpaired) electrons. The van der Waals surface area contributed by atoms with Crippen LogP contribution in [0.5, 0.6) is 0 Å². The molecule has 0 bridgehead atoms. The summed E-state index contributed by atoms with van der Waals surface area (Å²) in [6, 6.07) is 11.1. The Morgan fingerprint density at radius 2 is 1.71 bits per heavy atom. The van der Waals surface area contributed by atoms with Gasteiger partial charge in [-0.05, 0) is 30.7 Å². The second kappa shape index (κ2) is 10.3. The molecule has 5 rings (SSSR count). The molecule has 3 aliphatic rings. The van der Waals surface area contributed by atoms with E-state index >= 15 is 0 Å². The summed E-state index contributed by atoms with van der Waals surface area (Å²) in [5.41, 5.74) is 0.707. The number of likely N-dealkylation sites (tertiary alicyclic amines) is 1. The molecule has 200 valence electrons. The first-order valence-electron chi connectivity index (χ1n) is 12.3. The smallest absolute Gasteiger partial charge is 0.407 e. The third-order valence-corrected chi connectivity index (χ3v) is 7.04. The van der Waals surface area contributed by atoms with E-state index in [-0.39, 0.29) is 49.3 Å². The number of ether oxygens (including phenoxy) is 1. The van der Waals surface area contributed by atoms with Gasteiger partial charge in [0.2, 0.25) is 11.8 Å². The van der Waals surface area contributed by atoms with Crippen molar-refractivity contribution in [2.24, 2.45) is 0 Å². The molecular formula is C26H27F2N5O5. The van der Waals surface area contributed by atoms with E-state index in [9.17, 15) is 28.0 Å². The molecule has 2 N–H and O–H groups in total. The predicted molar refractivity (Wildman–Crippen MR) is 133 cm³/mol. The summed E-state index contributed by atoms with van der Waals surface area (Å²) in [6.45, 7) is 1.22. The molecular weight excluding hydrogens is 500 g/mol. The van der Waals surface area contributed by atoms with Gasteiger partial charge in [0.1, 0.15) is 17.7 Å². The molecule has 2 aromatic rings. The van der Waals surface area contributed by atoms with Gasteiger partial charge in [0.25, 0.3) is 0 Å². The first-order chi connectivity index (χ1) is 18.2. The number of nitrogens with one attached hydrogen (secondary N) is 2. The van der Waals surface area contributed by atoms with Crippen LogP contribution in [0.1, 0.15) is 24.3 Å². The number of benzene rings is 2. The summed E-state index contributed by atoms with van der Waals surface area (Å²) in [6.07, 6.45) is -0.963. The number of anilines is 2. The van der Waals surface area contributed by atoms with Crippen LogP contribution in [0.2, 0.25) is 0 Å². The highest BCUT2D eigenvalue weighted by Gasteiger charge is 2.37. The van der Waals surface area contributed by atoms with E-state index in [1.807, 2.05) is 30.3 Å². The van der Waals surface area contributed by atoms with E-state index in [1.165, 1.54) is 4.90 Å². The minimum atomic E-state index is -1.06. The first kappa shape index (κ1) is 25.4. The van der Waals surface area contributed by atoms with Crippen molar-refractivity contribution in [2.75, 3.05) is 43.0 Å². The van der Waals surface area contributed by atoms with Gasteiger partial charge < -0.3 is 19.9 Å². The van der Waals surface area contributed by atoms with Crippen molar-refractivity contribution in [3.8, 4) is 0 Å². The quantitative estimate of drug-likeness (QED) is 0.578. The third-order valence-electron chi connectivity index (χ3n) is 7.04. The monoisotopic (exact) mass is 527 g/mol. The molecule has 3 fully saturated rings. The fourth-order valence-corrected chi connectivity index (χ4v) is 4.83. The lowest BCUT2D eigenvalue weighted by atomic mass is 9.89. The normalized spacial score (nSPS) is 19.8. The lowest BCUT2D eigenvalue weighted by molar-refractivity contribution is -0.134. The van der Waals surface area contributed by atoms with Crippen LogP contribution in [0.4, 0.5) is 29.7 Å². The number of hydrogen-bond acceptors (Lipinski definition) is 6. The van der Waals surface area contributed by atoms with Crippen LogP contribution < -0.4 is 20.4 Å². The average molecular weight is 528 g/mol. The van der Waals surface area contributed by atoms with Crippen molar-refractivity contribution in [2.45, 2.75) is 30.9 Å². The van der Waals surface area contributed by atoms with Crippen molar-refractivity contribution in [3.63, 3.8) is 0 Å². The zero-order valence-electron chi connectivity index (χ0n) is 20.7. The standard InChI is InChI=1S/C26H27F2N5O5/c1-31(16-5-3-2-4-6-16)26(37)33-13-18(14-33)38-25(36)29-15-11-32(12-15)17-9-20(27)23(21(28)10-17)19-7-8-22(34)30-24(19)35/h2-6,9-10,15,18-19H,7-8,11-14H2,1H3,(H,29,36)(H,30,34,35). The maximum atomic E-state index is 14.8. The summed E-state index contributed by atoms with van der Waals surface area (Å²) in [5, 5.41) is 4.83. The van der Waals surface area contributed by atoms with Gasteiger partial charge in [-0.3, -0.25) is 19.8 Å². The number of carbonyl (C=O) groups excluding carboxylic acids is 4. The van der Waals surface area contributed by atoms with Crippen molar-refractivity contribution < 1.29 is 32.7 Å². The fourth-order valence-electron chi connectivity index (χ4n) is 4.83. The third kappa shape index (κ3) is 5.11. The van der Waals surface area contributed by atoms with E-state index in [1.54, 1.807) is 16.8 Å². The molecule has 1 atom stereocenters. The molecule has 10 nitrogen and oxygen atoms in total. The zero-order valence-corrected chi connectivity index (χ0v) is 20.7. The lowest BCUT2D eigenvalue weighted by Crippen LogP contribution is -2.62. The van der Waals surface area contributed by atoms with Gasteiger partial charge in [-0.2, -0.15) is 0 Å². The van der Waals surface area contributed by atoms with Crippen molar-refractivity contribution in [1.82, 2.24) is 15.5 Å². The Balaban J connectivity index is 1.07. The van der Waals surface area contributed by atoms with E-state index in [2.05, 4.69) is 10.6 Å². The van der Waals surface area contributed by atoms with Crippen LogP contribution in [-0.4, -0.2) is 74.2 Å². The Kier molecular flexibility index (Phi) is 6.87. The number of piperidine rings is 1. The Bertz CT molecular complexity index is 1240. The number of carbonyl (C=O) groups is 4. The Morgan fingerprint density at radius 3 is 2.34 bits per heavy atom. The van der Waals surface area contributed by atoms with Crippen molar-refractivity contribution in [3.05, 3.63) is 59.7 Å². The van der Waals surface area contributed by atoms with Crippen LogP contribution >= 0.6 is 0 Å². The van der Waals surface area contributed by atoms with Crippen LogP contribution in [-0.2, 0) is 14.3 Å². The molecule has 5 amide bonds. The Morgan fingerprint density at radius 1 is 1.05 bits per heavy atom. The largest absolute Gasteiger partial charge is 0.442 e. The van der Waals surface area contributed by atoms with Gasteiger partial charge in [0.05, 0.1) is 25.0 Å². The second-order valence-electron chi connectivity index (χ2n) is 9.68. The van der Waals surface area contributed by atoms with Gasteiger partial charge in [0.15, 0.2) is 0 Å². The molecule has 0 aliphatic carbocycles. The van der Waals surface area contributed by atoms with Crippen LogP contribution in [0.25, 0.3) is 0 Å². The Hall–Kier alpha value is -4.22. The molecule has 0 aromatic heterocycles. The number of hydrogen-bond donors (Lipinski definition) is 2. The molecule has 3 heterocycles. The minimum absolute atomic E-state index is 0.0204. The topological polar surface area (TPSA) is 111 Å². The summed E-state index contributed by atoms with van der Waals surface area (Å²) in [4.78, 5) is 53.0. The van der Waals surface area contributed by atoms with Crippen molar-refractivity contribution in [1.29, 1.82) is 0 Å². The maximum absolute atomic E-state index is 14.8. The summed E-state index contributed by atoms with van der Waals surface area (Å²) < 4.78 is 34.9. The number of urea groups is 1. The molecule has 12 heteroatoms. The average Bonchev–Trinajstić information content (AvgIpc) is 2.83. The highest BCUT2D eigenvalue weighted by Crippen LogP contribution is 2.33. The zero-order chi connectivity index (χ0) is 27.0. The van der Waals surface area contributed by atoms with Crippen LogP contribution in [0, 0.1) is 11.6 Å². The number of para-hydroxylation sites is 1. The number of amides is 5. The maximum Gasteiger partial charge on any atom is 0.407 e. The number of halogens is 2. The molecule has 0 spiro atoms. The van der Waals surface area contributed by atoms with Crippen molar-refractivity contribution >= 4 is 35.3 Å². The molecule has 3 saturated heterocycles. The summed E-state index contributed by atoms with van der Waals surface area (Å²) in [7, 11) is 1.68. The van der Waals surface area contributed by atoms with Gasteiger partial charge in [-0.1, -0.05) is 18.2 Å². The molecule has 3 aliphatic heterocycles. The number of alkyl carbamates (subject to hydrolysis) is 1. The number of rotatable bonds is 5. The van der Waals surface area contributed by atoms with Crippen LogP contribution in [0.3, 0.4) is 0 Å². The van der Waals surface area contributed by atoms with E-state index < -0.39 is 41.6 Å².